The van der Waals surface area contributed by atoms with Crippen LogP contribution < -0.4 is 4.90 Å². The fourth-order valence-corrected chi connectivity index (χ4v) is 9.65. The first kappa shape index (κ1) is 32.6. The Balaban J connectivity index is 1.08. The summed E-state index contributed by atoms with van der Waals surface area (Å²) in [5.41, 5.74) is 15.9. The molecule has 3 heteroatoms. The van der Waals surface area contributed by atoms with E-state index in [4.69, 9.17) is 8.83 Å². The highest BCUT2D eigenvalue weighted by Gasteiger charge is 2.46. The number of rotatable bonds is 6. The van der Waals surface area contributed by atoms with E-state index < -0.39 is 5.41 Å². The monoisotopic (exact) mass is 741 g/mol. The number of hydrogen-bond acceptors (Lipinski definition) is 3. The number of benzene rings is 9. The van der Waals surface area contributed by atoms with Crippen LogP contribution in [0.15, 0.2) is 221 Å². The first-order chi connectivity index (χ1) is 28.8. The molecule has 0 saturated carbocycles. The summed E-state index contributed by atoms with van der Waals surface area (Å²) >= 11 is 0. The van der Waals surface area contributed by atoms with Gasteiger partial charge in [-0.05, 0) is 99.1 Å². The van der Waals surface area contributed by atoms with Gasteiger partial charge in [-0.25, -0.2) is 0 Å². The van der Waals surface area contributed by atoms with Crippen LogP contribution in [0.2, 0.25) is 0 Å². The molecule has 12 rings (SSSR count). The van der Waals surface area contributed by atoms with Crippen LogP contribution >= 0.6 is 0 Å². The van der Waals surface area contributed by atoms with Crippen molar-refractivity contribution in [2.75, 3.05) is 4.90 Å². The second-order valence-electron chi connectivity index (χ2n) is 15.2. The van der Waals surface area contributed by atoms with Gasteiger partial charge in [0.2, 0.25) is 0 Å². The SMILES string of the molecule is c1ccc(-c2ccc(N(c3ccc4oc5ccccc5c4c3)c3cccc4oc5cc(C6(c7ccccc7)c7ccccc7-c7ccccc76)ccc5c34)cc2)cc1. The van der Waals surface area contributed by atoms with E-state index in [0.717, 1.165) is 60.9 Å². The zero-order valence-corrected chi connectivity index (χ0v) is 31.5. The predicted octanol–water partition coefficient (Wildman–Crippen LogP) is 15.0. The lowest BCUT2D eigenvalue weighted by Crippen LogP contribution is -2.28. The minimum atomic E-state index is -0.514. The molecule has 0 aliphatic heterocycles. The Bertz CT molecular complexity index is 3290. The van der Waals surface area contributed by atoms with Crippen LogP contribution in [0.5, 0.6) is 0 Å². The van der Waals surface area contributed by atoms with E-state index in [0.29, 0.717) is 0 Å². The average molecular weight is 742 g/mol. The van der Waals surface area contributed by atoms with Crippen molar-refractivity contribution in [2.45, 2.75) is 5.41 Å². The van der Waals surface area contributed by atoms with Gasteiger partial charge in [-0.15, -0.1) is 0 Å². The fourth-order valence-electron chi connectivity index (χ4n) is 9.65. The first-order valence-electron chi connectivity index (χ1n) is 19.8. The number of nitrogens with zero attached hydrogens (tertiary/aromatic N) is 1. The van der Waals surface area contributed by atoms with Crippen molar-refractivity contribution in [3.8, 4) is 22.3 Å². The lowest BCUT2D eigenvalue weighted by atomic mass is 9.67. The lowest BCUT2D eigenvalue weighted by molar-refractivity contribution is 0.665. The predicted molar refractivity (Wildman–Crippen MR) is 238 cm³/mol. The van der Waals surface area contributed by atoms with E-state index >= 15 is 0 Å². The van der Waals surface area contributed by atoms with Gasteiger partial charge in [-0.2, -0.15) is 0 Å². The van der Waals surface area contributed by atoms with Crippen LogP contribution in [0.25, 0.3) is 66.1 Å². The molecule has 1 aliphatic rings. The van der Waals surface area contributed by atoms with Gasteiger partial charge in [0.05, 0.1) is 16.5 Å². The molecular weight excluding hydrogens is 707 g/mol. The molecule has 0 N–H and O–H groups in total. The largest absolute Gasteiger partial charge is 0.456 e. The second-order valence-corrected chi connectivity index (χ2v) is 15.2. The van der Waals surface area contributed by atoms with Crippen molar-refractivity contribution in [2.24, 2.45) is 0 Å². The van der Waals surface area contributed by atoms with Crippen molar-refractivity contribution in [1.82, 2.24) is 0 Å². The van der Waals surface area contributed by atoms with Gasteiger partial charge in [-0.1, -0.05) is 158 Å². The molecule has 0 fully saturated rings. The third kappa shape index (κ3) is 4.74. The summed E-state index contributed by atoms with van der Waals surface area (Å²) < 4.78 is 13.2. The minimum absolute atomic E-state index is 0.514. The van der Waals surface area contributed by atoms with E-state index in [1.54, 1.807) is 0 Å². The normalized spacial score (nSPS) is 13.0. The van der Waals surface area contributed by atoms with Crippen molar-refractivity contribution in [3.05, 3.63) is 235 Å². The summed E-state index contributed by atoms with van der Waals surface area (Å²) in [6.45, 7) is 0. The highest BCUT2D eigenvalue weighted by molar-refractivity contribution is 6.14. The zero-order chi connectivity index (χ0) is 38.2. The van der Waals surface area contributed by atoms with Crippen molar-refractivity contribution < 1.29 is 8.83 Å². The van der Waals surface area contributed by atoms with E-state index in [-0.39, 0.29) is 0 Å². The minimum Gasteiger partial charge on any atom is -0.456 e. The number of anilines is 3. The molecular formula is C55H35NO2. The van der Waals surface area contributed by atoms with Gasteiger partial charge in [0, 0.05) is 27.5 Å². The molecule has 9 aromatic carbocycles. The number of fused-ring (bicyclic) bond motifs is 9. The van der Waals surface area contributed by atoms with Gasteiger partial charge in [0.15, 0.2) is 0 Å². The Hall–Kier alpha value is -7.62. The summed E-state index contributed by atoms with van der Waals surface area (Å²) in [4.78, 5) is 2.36. The third-order valence-electron chi connectivity index (χ3n) is 12.2. The van der Waals surface area contributed by atoms with Crippen LogP contribution in [0, 0.1) is 0 Å². The van der Waals surface area contributed by atoms with Crippen molar-refractivity contribution in [1.29, 1.82) is 0 Å². The van der Waals surface area contributed by atoms with Crippen LogP contribution in [0.4, 0.5) is 17.1 Å². The molecule has 0 bridgehead atoms. The molecule has 11 aromatic rings. The van der Waals surface area contributed by atoms with Gasteiger partial charge >= 0.3 is 0 Å². The highest BCUT2D eigenvalue weighted by Crippen LogP contribution is 2.56. The summed E-state index contributed by atoms with van der Waals surface area (Å²) in [6.07, 6.45) is 0. The summed E-state index contributed by atoms with van der Waals surface area (Å²) in [5.74, 6) is 0. The molecule has 1 aliphatic carbocycles. The quantitative estimate of drug-likeness (QED) is 0.170. The van der Waals surface area contributed by atoms with Crippen LogP contribution in [-0.2, 0) is 5.41 Å². The van der Waals surface area contributed by atoms with Crippen molar-refractivity contribution >= 4 is 60.9 Å². The fraction of sp³-hybridized carbons (Fsp3) is 0.0182. The smallest absolute Gasteiger partial charge is 0.137 e. The third-order valence-corrected chi connectivity index (χ3v) is 12.2. The van der Waals surface area contributed by atoms with Crippen LogP contribution in [-0.4, -0.2) is 0 Å². The molecule has 3 nitrogen and oxygen atoms in total. The highest BCUT2D eigenvalue weighted by atomic mass is 16.3. The molecule has 0 atom stereocenters. The van der Waals surface area contributed by atoms with Crippen LogP contribution in [0.1, 0.15) is 22.3 Å². The van der Waals surface area contributed by atoms with Crippen molar-refractivity contribution in [3.63, 3.8) is 0 Å². The van der Waals surface area contributed by atoms with E-state index in [1.807, 2.05) is 12.1 Å². The van der Waals surface area contributed by atoms with Gasteiger partial charge in [0.1, 0.15) is 22.3 Å². The first-order valence-corrected chi connectivity index (χ1v) is 19.8. The van der Waals surface area contributed by atoms with Crippen LogP contribution in [0.3, 0.4) is 0 Å². The summed E-state index contributed by atoms with van der Waals surface area (Å²) in [5, 5.41) is 4.31. The molecule has 0 radical (unpaired) electrons. The van der Waals surface area contributed by atoms with E-state index in [2.05, 4.69) is 205 Å². The summed E-state index contributed by atoms with van der Waals surface area (Å²) in [6, 6.07) is 76.1. The molecule has 272 valence electrons. The Kier molecular flexibility index (Phi) is 7.14. The topological polar surface area (TPSA) is 29.5 Å². The maximum atomic E-state index is 6.92. The average Bonchev–Trinajstić information content (AvgIpc) is 3.96. The van der Waals surface area contributed by atoms with Gasteiger partial charge in [-0.3, -0.25) is 0 Å². The van der Waals surface area contributed by atoms with E-state index in [1.165, 1.54) is 44.5 Å². The number of para-hydroxylation sites is 1. The maximum Gasteiger partial charge on any atom is 0.137 e. The van der Waals surface area contributed by atoms with E-state index in [9.17, 15) is 0 Å². The lowest BCUT2D eigenvalue weighted by Gasteiger charge is -2.33. The summed E-state index contributed by atoms with van der Waals surface area (Å²) in [7, 11) is 0. The Morgan fingerprint density at radius 2 is 0.948 bits per heavy atom. The molecule has 0 unspecified atom stereocenters. The van der Waals surface area contributed by atoms with Gasteiger partial charge in [0.25, 0.3) is 0 Å². The molecule has 0 saturated heterocycles. The Labute approximate surface area is 335 Å². The zero-order valence-electron chi connectivity index (χ0n) is 31.5. The number of furan rings is 2. The molecule has 58 heavy (non-hydrogen) atoms. The Morgan fingerprint density at radius 1 is 0.345 bits per heavy atom. The van der Waals surface area contributed by atoms with Gasteiger partial charge < -0.3 is 13.7 Å². The second kappa shape index (κ2) is 12.7. The number of hydrogen-bond donors (Lipinski definition) is 0. The molecule has 0 spiro atoms. The molecule has 0 amide bonds. The maximum absolute atomic E-state index is 6.92. The molecule has 2 heterocycles. The molecule has 2 aromatic heterocycles. The standard InChI is InChI=1S/C55H35NO2/c1-3-14-36(15-4-1)37-26-29-40(30-27-37)56(41-31-33-51-46(35-41)44-20-9-12-24-50(44)57-51)49-23-13-25-52-54(49)45-32-28-39(34-53(45)58-52)55(38-16-5-2-6-17-38)47-21-10-7-18-42(47)43-19-8-11-22-48(43)55/h1-35H. The Morgan fingerprint density at radius 3 is 1.72 bits per heavy atom.